The molecule has 11 heavy (non-hydrogen) atoms. The van der Waals surface area contributed by atoms with E-state index in [0.717, 1.165) is 22.8 Å². The number of anilines is 2. The summed E-state index contributed by atoms with van der Waals surface area (Å²) in [7, 11) is 0. The van der Waals surface area contributed by atoms with Gasteiger partial charge in [-0.1, -0.05) is 18.3 Å². The molecule has 1 aliphatic heterocycles. The Hall–Kier alpha value is -1.09. The summed E-state index contributed by atoms with van der Waals surface area (Å²) < 4.78 is 0. The molecule has 0 fully saturated rings. The van der Waals surface area contributed by atoms with E-state index >= 15 is 0 Å². The molecule has 0 saturated heterocycles. The van der Waals surface area contributed by atoms with Gasteiger partial charge >= 0.3 is 0 Å². The second-order valence-corrected chi connectivity index (χ2v) is 3.13. The van der Waals surface area contributed by atoms with E-state index in [1.54, 1.807) is 0 Å². The number of benzene rings is 1. The Morgan fingerprint density at radius 3 is 3.09 bits per heavy atom. The van der Waals surface area contributed by atoms with Crippen LogP contribution in [0.4, 0.5) is 11.4 Å². The Morgan fingerprint density at radius 2 is 2.27 bits per heavy atom. The minimum atomic E-state index is 0.779. The molecule has 2 nitrogen and oxygen atoms in total. The van der Waals surface area contributed by atoms with Crippen molar-refractivity contribution in [1.82, 2.24) is 0 Å². The fourth-order valence-electron chi connectivity index (χ4n) is 1.23. The van der Waals surface area contributed by atoms with Gasteiger partial charge in [-0.2, -0.15) is 0 Å². The second kappa shape index (κ2) is 2.20. The summed E-state index contributed by atoms with van der Waals surface area (Å²) in [6, 6.07) is 5.82. The van der Waals surface area contributed by atoms with Gasteiger partial charge in [0.25, 0.3) is 0 Å². The van der Waals surface area contributed by atoms with Crippen LogP contribution in [0.15, 0.2) is 18.2 Å². The third-order valence-electron chi connectivity index (χ3n) is 1.76. The number of hydrogen-bond acceptors (Lipinski definition) is 2. The highest BCUT2D eigenvalue weighted by atomic mass is 32.1. The highest BCUT2D eigenvalue weighted by Crippen LogP contribution is 2.25. The number of nitrogen functional groups attached to an aromatic ring is 1. The van der Waals surface area contributed by atoms with Crippen molar-refractivity contribution in [2.75, 3.05) is 11.1 Å². The highest BCUT2D eigenvalue weighted by molar-refractivity contribution is 7.80. The van der Waals surface area contributed by atoms with Gasteiger partial charge in [-0.3, -0.25) is 0 Å². The van der Waals surface area contributed by atoms with Crippen LogP contribution >= 0.6 is 12.2 Å². The Balaban J connectivity index is 2.51. The average Bonchev–Trinajstić information content (AvgIpc) is 2.27. The SMILES string of the molecule is Nc1ccc2c(c1)NC(=S)C2. The van der Waals surface area contributed by atoms with E-state index in [1.807, 2.05) is 18.2 Å². The Labute approximate surface area is 70.4 Å². The van der Waals surface area contributed by atoms with Crippen molar-refractivity contribution in [2.45, 2.75) is 6.42 Å². The summed E-state index contributed by atoms with van der Waals surface area (Å²) in [6.45, 7) is 0. The van der Waals surface area contributed by atoms with E-state index in [0.29, 0.717) is 0 Å². The molecule has 0 spiro atoms. The predicted molar refractivity (Wildman–Crippen MR) is 50.8 cm³/mol. The molecular formula is C8H8N2S. The summed E-state index contributed by atoms with van der Waals surface area (Å²) in [5.74, 6) is 0. The first-order valence-electron chi connectivity index (χ1n) is 3.44. The van der Waals surface area contributed by atoms with Crippen molar-refractivity contribution in [3.63, 3.8) is 0 Å². The molecular weight excluding hydrogens is 156 g/mol. The van der Waals surface area contributed by atoms with E-state index in [1.165, 1.54) is 5.56 Å². The number of thiocarbonyl (C=S) groups is 1. The van der Waals surface area contributed by atoms with Crippen molar-refractivity contribution in [3.8, 4) is 0 Å². The zero-order valence-corrected chi connectivity index (χ0v) is 6.74. The maximum atomic E-state index is 5.59. The fourth-order valence-corrected chi connectivity index (χ4v) is 1.50. The van der Waals surface area contributed by atoms with Crippen LogP contribution in [-0.2, 0) is 6.42 Å². The molecule has 1 aromatic carbocycles. The lowest BCUT2D eigenvalue weighted by Gasteiger charge is -1.98. The standard InChI is InChI=1S/C8H8N2S/c9-6-2-1-5-3-8(11)10-7(5)4-6/h1-2,4H,3,9H2,(H,10,11). The molecule has 0 radical (unpaired) electrons. The van der Waals surface area contributed by atoms with Gasteiger partial charge in [0, 0.05) is 17.8 Å². The monoisotopic (exact) mass is 164 g/mol. The molecule has 56 valence electrons. The Morgan fingerprint density at radius 1 is 1.45 bits per heavy atom. The smallest absolute Gasteiger partial charge is 0.0842 e. The zero-order valence-electron chi connectivity index (χ0n) is 5.92. The van der Waals surface area contributed by atoms with E-state index in [9.17, 15) is 0 Å². The lowest BCUT2D eigenvalue weighted by Crippen LogP contribution is -2.00. The van der Waals surface area contributed by atoms with Gasteiger partial charge in [0.1, 0.15) is 0 Å². The first-order chi connectivity index (χ1) is 5.25. The molecule has 1 aromatic rings. The number of nitrogens with two attached hydrogens (primary N) is 1. The summed E-state index contributed by atoms with van der Waals surface area (Å²) in [6.07, 6.45) is 0.852. The van der Waals surface area contributed by atoms with Crippen LogP contribution in [0.1, 0.15) is 5.56 Å². The molecule has 0 amide bonds. The van der Waals surface area contributed by atoms with Crippen molar-refractivity contribution in [3.05, 3.63) is 23.8 Å². The van der Waals surface area contributed by atoms with E-state index in [2.05, 4.69) is 5.32 Å². The molecule has 0 bridgehead atoms. The largest absolute Gasteiger partial charge is 0.399 e. The van der Waals surface area contributed by atoms with Crippen LogP contribution in [0.25, 0.3) is 0 Å². The summed E-state index contributed by atoms with van der Waals surface area (Å²) in [4.78, 5) is 0.880. The van der Waals surface area contributed by atoms with Gasteiger partial charge < -0.3 is 11.1 Å². The quantitative estimate of drug-likeness (QED) is 0.451. The molecule has 0 aromatic heterocycles. The summed E-state index contributed by atoms with van der Waals surface area (Å²) >= 11 is 5.02. The van der Waals surface area contributed by atoms with Crippen molar-refractivity contribution >= 4 is 28.6 Å². The summed E-state index contributed by atoms with van der Waals surface area (Å²) in [5, 5.41) is 3.09. The van der Waals surface area contributed by atoms with Crippen molar-refractivity contribution < 1.29 is 0 Å². The van der Waals surface area contributed by atoms with Gasteiger partial charge in [0.2, 0.25) is 0 Å². The molecule has 0 aliphatic carbocycles. The van der Waals surface area contributed by atoms with E-state index in [4.69, 9.17) is 18.0 Å². The van der Waals surface area contributed by atoms with Gasteiger partial charge in [-0.25, -0.2) is 0 Å². The van der Waals surface area contributed by atoms with E-state index < -0.39 is 0 Å². The van der Waals surface area contributed by atoms with Gasteiger partial charge in [-0.15, -0.1) is 0 Å². The lowest BCUT2D eigenvalue weighted by molar-refractivity contribution is 1.43. The Bertz CT molecular complexity index is 320. The van der Waals surface area contributed by atoms with Crippen LogP contribution in [-0.4, -0.2) is 4.99 Å². The minimum absolute atomic E-state index is 0.779. The average molecular weight is 164 g/mol. The molecule has 0 atom stereocenters. The van der Waals surface area contributed by atoms with Gasteiger partial charge in [-0.05, 0) is 17.7 Å². The first kappa shape index (κ1) is 6.61. The van der Waals surface area contributed by atoms with Crippen molar-refractivity contribution in [2.24, 2.45) is 0 Å². The molecule has 1 aliphatic rings. The molecule has 1 heterocycles. The maximum Gasteiger partial charge on any atom is 0.0842 e. The maximum absolute atomic E-state index is 5.59. The van der Waals surface area contributed by atoms with Gasteiger partial charge in [0.05, 0.1) is 4.99 Å². The molecule has 2 rings (SSSR count). The Kier molecular flexibility index (Phi) is 1.32. The van der Waals surface area contributed by atoms with Gasteiger partial charge in [0.15, 0.2) is 0 Å². The van der Waals surface area contributed by atoms with Crippen LogP contribution < -0.4 is 11.1 Å². The first-order valence-corrected chi connectivity index (χ1v) is 3.85. The number of nitrogens with one attached hydrogen (secondary N) is 1. The minimum Gasteiger partial charge on any atom is -0.399 e. The number of hydrogen-bond donors (Lipinski definition) is 2. The number of fused-ring (bicyclic) bond motifs is 1. The van der Waals surface area contributed by atoms with Crippen LogP contribution in [0.2, 0.25) is 0 Å². The van der Waals surface area contributed by atoms with Crippen LogP contribution in [0.5, 0.6) is 0 Å². The van der Waals surface area contributed by atoms with E-state index in [-0.39, 0.29) is 0 Å². The van der Waals surface area contributed by atoms with Crippen molar-refractivity contribution in [1.29, 1.82) is 0 Å². The van der Waals surface area contributed by atoms with Crippen LogP contribution in [0, 0.1) is 0 Å². The molecule has 0 saturated carbocycles. The zero-order chi connectivity index (χ0) is 7.84. The highest BCUT2D eigenvalue weighted by Gasteiger charge is 2.13. The lowest BCUT2D eigenvalue weighted by atomic mass is 10.1. The third-order valence-corrected chi connectivity index (χ3v) is 2.01. The van der Waals surface area contributed by atoms with Crippen LogP contribution in [0.3, 0.4) is 0 Å². The fraction of sp³-hybridized carbons (Fsp3) is 0.125. The molecule has 0 unspecified atom stereocenters. The third kappa shape index (κ3) is 1.07. The predicted octanol–water partition coefficient (Wildman–Crippen LogP) is 1.56. The molecule has 3 N–H and O–H groups in total. The summed E-state index contributed by atoms with van der Waals surface area (Å²) in [5.41, 5.74) is 8.68. The molecule has 3 heteroatoms. The topological polar surface area (TPSA) is 38.0 Å². The number of rotatable bonds is 0. The second-order valence-electron chi connectivity index (χ2n) is 2.64. The normalized spacial score (nSPS) is 14.4.